The average Bonchev–Trinajstić information content (AvgIpc) is 3.29. The van der Waals surface area contributed by atoms with Crippen molar-refractivity contribution in [1.82, 2.24) is 10.6 Å². The molecule has 1 aromatic heterocycles. The molecule has 1 heterocycles. The van der Waals surface area contributed by atoms with E-state index in [1.165, 1.54) is 6.92 Å². The number of halogens is 1. The van der Waals surface area contributed by atoms with E-state index >= 15 is 0 Å². The van der Waals surface area contributed by atoms with Crippen LogP contribution >= 0.6 is 9.24 Å². The summed E-state index contributed by atoms with van der Waals surface area (Å²) in [6.45, 7) is 15.6. The summed E-state index contributed by atoms with van der Waals surface area (Å²) in [6, 6.07) is 19.2. The number of alkyl halides is 1. The highest BCUT2D eigenvalue weighted by Crippen LogP contribution is 2.41. The number of carbonyl (C=O) groups is 1. The fourth-order valence-electron chi connectivity index (χ4n) is 4.23. The van der Waals surface area contributed by atoms with Gasteiger partial charge in [0.15, 0.2) is 5.41 Å². The van der Waals surface area contributed by atoms with Crippen LogP contribution in [0.1, 0.15) is 42.3 Å². The number of aryl methyl sites for hydroxylation is 1. The first-order valence-electron chi connectivity index (χ1n) is 13.1. The number of rotatable bonds is 10. The Kier molecular flexibility index (Phi) is 8.51. The zero-order chi connectivity index (χ0) is 29.2. The van der Waals surface area contributed by atoms with Gasteiger partial charge in [-0.25, -0.2) is 4.39 Å². The van der Waals surface area contributed by atoms with E-state index in [-0.39, 0.29) is 18.4 Å². The van der Waals surface area contributed by atoms with Gasteiger partial charge in [0, 0.05) is 41.0 Å². The Balaban J connectivity index is 1.91. The van der Waals surface area contributed by atoms with E-state index in [1.54, 1.807) is 13.1 Å². The molecule has 0 spiro atoms. The van der Waals surface area contributed by atoms with Crippen LogP contribution in [0.5, 0.6) is 5.75 Å². The van der Waals surface area contributed by atoms with Crippen molar-refractivity contribution in [2.45, 2.75) is 33.1 Å². The number of carbonyl (C=O) groups excluding carboxylic acids is 1. The molecule has 208 valence electrons. The lowest BCUT2D eigenvalue weighted by molar-refractivity contribution is 0.0964. The van der Waals surface area contributed by atoms with Crippen LogP contribution in [0.25, 0.3) is 39.1 Å². The first kappa shape index (κ1) is 29.1. The predicted molar refractivity (Wildman–Crippen MR) is 166 cm³/mol. The Morgan fingerprint density at radius 2 is 1.80 bits per heavy atom. The molecule has 4 aromatic rings. The molecule has 0 aliphatic carbocycles. The van der Waals surface area contributed by atoms with E-state index in [2.05, 4.69) is 46.9 Å². The normalized spacial score (nSPS) is 12.7. The zero-order valence-corrected chi connectivity index (χ0v) is 24.8. The van der Waals surface area contributed by atoms with Gasteiger partial charge in [-0.1, -0.05) is 84.3 Å². The Hall–Kier alpha value is -3.89. The third-order valence-corrected chi connectivity index (χ3v) is 6.77. The van der Waals surface area contributed by atoms with Crippen LogP contribution in [-0.4, -0.2) is 25.0 Å². The standard InChI is InChI=1S/C33H36FN2O3P/c1-19(2)21(4)36-22(5)24-9-8-10-25(15-24)26-16-27-29(17-28(26)38-18-33(6,34)40)39-31(30(27)32(37)35-7)23-13-11-20(3)12-14-23/h8-17,19,36H,4-5,18,40H2,1-3,6-7H3,(H,35,37). The highest BCUT2D eigenvalue weighted by molar-refractivity contribution is 7.18. The minimum atomic E-state index is -1.63. The van der Waals surface area contributed by atoms with Crippen molar-refractivity contribution >= 4 is 31.8 Å². The van der Waals surface area contributed by atoms with Crippen LogP contribution in [0.15, 0.2) is 83.9 Å². The topological polar surface area (TPSA) is 63.5 Å². The van der Waals surface area contributed by atoms with Gasteiger partial charge in [-0.05, 0) is 43.0 Å². The van der Waals surface area contributed by atoms with Crippen LogP contribution < -0.4 is 15.4 Å². The van der Waals surface area contributed by atoms with E-state index in [0.717, 1.165) is 28.0 Å². The lowest BCUT2D eigenvalue weighted by Crippen LogP contribution is -2.19. The first-order chi connectivity index (χ1) is 18.9. The van der Waals surface area contributed by atoms with Crippen molar-refractivity contribution in [1.29, 1.82) is 0 Å². The summed E-state index contributed by atoms with van der Waals surface area (Å²) in [5.41, 5.74) is 6.71. The van der Waals surface area contributed by atoms with E-state index in [9.17, 15) is 9.18 Å². The van der Waals surface area contributed by atoms with Gasteiger partial charge >= 0.3 is 0 Å². The second-order valence-electron chi connectivity index (χ2n) is 10.5. The molecule has 0 saturated carbocycles. The van der Waals surface area contributed by atoms with Crippen LogP contribution in [-0.2, 0) is 0 Å². The predicted octanol–water partition coefficient (Wildman–Crippen LogP) is 8.10. The van der Waals surface area contributed by atoms with E-state index < -0.39 is 5.41 Å². The molecule has 0 fully saturated rings. The zero-order valence-electron chi connectivity index (χ0n) is 23.7. The average molecular weight is 559 g/mol. The molecule has 0 saturated heterocycles. The first-order valence-corrected chi connectivity index (χ1v) is 13.7. The minimum Gasteiger partial charge on any atom is -0.489 e. The number of benzene rings is 3. The van der Waals surface area contributed by atoms with E-state index in [0.29, 0.717) is 39.3 Å². The molecule has 1 amide bonds. The summed E-state index contributed by atoms with van der Waals surface area (Å²) in [5.74, 6) is 0.871. The minimum absolute atomic E-state index is 0.188. The van der Waals surface area contributed by atoms with E-state index in [4.69, 9.17) is 9.15 Å². The van der Waals surface area contributed by atoms with Crippen molar-refractivity contribution in [3.8, 4) is 28.2 Å². The summed E-state index contributed by atoms with van der Waals surface area (Å²) < 4.78 is 26.8. The van der Waals surface area contributed by atoms with Crippen molar-refractivity contribution in [3.63, 3.8) is 0 Å². The second kappa shape index (κ2) is 11.7. The molecule has 0 bridgehead atoms. The Morgan fingerprint density at radius 1 is 1.10 bits per heavy atom. The van der Waals surface area contributed by atoms with Gasteiger partial charge < -0.3 is 19.8 Å². The molecular weight excluding hydrogens is 522 g/mol. The van der Waals surface area contributed by atoms with Crippen molar-refractivity contribution in [2.24, 2.45) is 5.92 Å². The summed E-state index contributed by atoms with van der Waals surface area (Å²) in [7, 11) is 3.75. The number of nitrogens with one attached hydrogen (secondary N) is 2. The Bertz CT molecular complexity index is 1580. The monoisotopic (exact) mass is 558 g/mol. The molecular formula is C33H36FN2O3P. The maximum Gasteiger partial charge on any atom is 0.255 e. The summed E-state index contributed by atoms with van der Waals surface area (Å²) in [6.07, 6.45) is 0. The number of hydrogen-bond acceptors (Lipinski definition) is 4. The number of allylic oxidation sites excluding steroid dienone is 1. The van der Waals surface area contributed by atoms with Gasteiger partial charge in [-0.2, -0.15) is 0 Å². The molecule has 4 rings (SSSR count). The molecule has 2 N–H and O–H groups in total. The number of ether oxygens (including phenoxy) is 1. The Morgan fingerprint density at radius 3 is 2.42 bits per heavy atom. The summed E-state index contributed by atoms with van der Waals surface area (Å²) in [4.78, 5) is 13.2. The van der Waals surface area contributed by atoms with Gasteiger partial charge in [0.25, 0.3) is 5.91 Å². The second-order valence-corrected chi connectivity index (χ2v) is 11.7. The lowest BCUT2D eigenvalue weighted by Gasteiger charge is -2.19. The van der Waals surface area contributed by atoms with Crippen LogP contribution in [0.3, 0.4) is 0 Å². The molecule has 2 unspecified atom stereocenters. The van der Waals surface area contributed by atoms with E-state index in [1.807, 2.05) is 61.5 Å². The molecule has 2 atom stereocenters. The number of fused-ring (bicyclic) bond motifs is 1. The van der Waals surface area contributed by atoms with Gasteiger partial charge in [0.1, 0.15) is 23.7 Å². The van der Waals surface area contributed by atoms with Crippen LogP contribution in [0.4, 0.5) is 4.39 Å². The van der Waals surface area contributed by atoms with Gasteiger partial charge in [-0.15, -0.1) is 0 Å². The highest BCUT2D eigenvalue weighted by Gasteiger charge is 2.25. The molecule has 0 aliphatic heterocycles. The summed E-state index contributed by atoms with van der Waals surface area (Å²) in [5, 5.41) is 5.02. The van der Waals surface area contributed by atoms with Crippen molar-refractivity contribution in [2.75, 3.05) is 13.7 Å². The number of amides is 1. The SMILES string of the molecule is C=C(NC(=C)C(C)C)c1cccc(-c2cc3c(C(=O)NC)c(-c4ccc(C)cc4)oc3cc2OCC(C)(F)P)c1. The Labute approximate surface area is 237 Å². The van der Waals surface area contributed by atoms with Crippen LogP contribution in [0, 0.1) is 12.8 Å². The quantitative estimate of drug-likeness (QED) is 0.193. The molecule has 5 nitrogen and oxygen atoms in total. The molecule has 0 radical (unpaired) electrons. The van der Waals surface area contributed by atoms with Crippen LogP contribution in [0.2, 0.25) is 0 Å². The van der Waals surface area contributed by atoms with Gasteiger partial charge in [0.05, 0.1) is 5.56 Å². The van der Waals surface area contributed by atoms with Crippen molar-refractivity contribution in [3.05, 3.63) is 96.2 Å². The summed E-state index contributed by atoms with van der Waals surface area (Å²) >= 11 is 0. The smallest absolute Gasteiger partial charge is 0.255 e. The highest BCUT2D eigenvalue weighted by atomic mass is 31.0. The fourth-order valence-corrected chi connectivity index (χ4v) is 4.31. The number of furan rings is 1. The maximum atomic E-state index is 14.5. The number of hydrogen-bond donors (Lipinski definition) is 2. The molecule has 0 aliphatic rings. The third kappa shape index (κ3) is 6.46. The maximum absolute atomic E-state index is 14.5. The molecule has 7 heteroatoms. The largest absolute Gasteiger partial charge is 0.489 e. The van der Waals surface area contributed by atoms with Crippen molar-refractivity contribution < 1.29 is 18.3 Å². The van der Waals surface area contributed by atoms with Gasteiger partial charge in [0.2, 0.25) is 0 Å². The third-order valence-electron chi connectivity index (χ3n) is 6.60. The molecule has 40 heavy (non-hydrogen) atoms. The molecule has 3 aromatic carbocycles. The van der Waals surface area contributed by atoms with Gasteiger partial charge in [-0.3, -0.25) is 4.79 Å². The lowest BCUT2D eigenvalue weighted by atomic mass is 9.97. The fraction of sp³-hybridized carbons (Fsp3) is 0.242.